The van der Waals surface area contributed by atoms with E-state index in [9.17, 15) is 8.42 Å². The van der Waals surface area contributed by atoms with Crippen molar-refractivity contribution < 1.29 is 8.42 Å². The van der Waals surface area contributed by atoms with Crippen molar-refractivity contribution in [3.8, 4) is 0 Å². The molecule has 0 aliphatic carbocycles. The lowest BCUT2D eigenvalue weighted by atomic mass is 10.2. The van der Waals surface area contributed by atoms with Crippen LogP contribution in [-0.4, -0.2) is 68.8 Å². The Morgan fingerprint density at radius 2 is 1.81 bits per heavy atom. The minimum Gasteiger partial charge on any atom is -0.338 e. The molecule has 8 heteroatoms. The first kappa shape index (κ1) is 16.1. The number of rotatable bonds is 7. The SMILES string of the molecule is CS(=O)(=O)NCCCCN1CCN(c2ncccn2)CC1. The van der Waals surface area contributed by atoms with Crippen molar-refractivity contribution in [2.24, 2.45) is 0 Å². The summed E-state index contributed by atoms with van der Waals surface area (Å²) in [5.41, 5.74) is 0. The van der Waals surface area contributed by atoms with E-state index in [1.54, 1.807) is 12.4 Å². The predicted molar refractivity (Wildman–Crippen MR) is 82.8 cm³/mol. The summed E-state index contributed by atoms with van der Waals surface area (Å²) in [7, 11) is -3.05. The van der Waals surface area contributed by atoms with E-state index in [0.29, 0.717) is 6.54 Å². The van der Waals surface area contributed by atoms with Crippen LogP contribution in [0, 0.1) is 0 Å². The van der Waals surface area contributed by atoms with Crippen LogP contribution in [-0.2, 0) is 10.0 Å². The smallest absolute Gasteiger partial charge is 0.225 e. The Morgan fingerprint density at radius 1 is 1.14 bits per heavy atom. The molecule has 2 rings (SSSR count). The van der Waals surface area contributed by atoms with E-state index in [4.69, 9.17) is 0 Å². The van der Waals surface area contributed by atoms with Gasteiger partial charge in [-0.15, -0.1) is 0 Å². The Balaban J connectivity index is 1.61. The van der Waals surface area contributed by atoms with Gasteiger partial charge in [0.25, 0.3) is 0 Å². The first-order valence-corrected chi connectivity index (χ1v) is 9.13. The molecule has 1 aromatic rings. The lowest BCUT2D eigenvalue weighted by Gasteiger charge is -2.34. The van der Waals surface area contributed by atoms with Gasteiger partial charge in [0, 0.05) is 45.1 Å². The lowest BCUT2D eigenvalue weighted by Crippen LogP contribution is -2.47. The number of aromatic nitrogens is 2. The summed E-state index contributed by atoms with van der Waals surface area (Å²) in [6.07, 6.45) is 6.60. The molecule has 21 heavy (non-hydrogen) atoms. The van der Waals surface area contributed by atoms with E-state index < -0.39 is 10.0 Å². The molecular formula is C13H23N5O2S. The molecule has 2 heterocycles. The molecule has 1 saturated heterocycles. The second-order valence-corrected chi connectivity index (χ2v) is 7.08. The Labute approximate surface area is 126 Å². The van der Waals surface area contributed by atoms with Gasteiger partial charge < -0.3 is 4.90 Å². The average Bonchev–Trinajstić information content (AvgIpc) is 2.47. The van der Waals surface area contributed by atoms with E-state index >= 15 is 0 Å². The zero-order valence-electron chi connectivity index (χ0n) is 12.4. The van der Waals surface area contributed by atoms with E-state index in [1.165, 1.54) is 6.26 Å². The number of piperazine rings is 1. The predicted octanol–water partition coefficient (Wildman–Crippen LogP) is -0.0720. The molecule has 1 N–H and O–H groups in total. The van der Waals surface area contributed by atoms with Crippen molar-refractivity contribution in [2.75, 3.05) is 50.4 Å². The molecule has 1 aromatic heterocycles. The summed E-state index contributed by atoms with van der Waals surface area (Å²) in [5.74, 6) is 0.800. The van der Waals surface area contributed by atoms with Crippen molar-refractivity contribution in [2.45, 2.75) is 12.8 Å². The van der Waals surface area contributed by atoms with Gasteiger partial charge in [-0.25, -0.2) is 23.1 Å². The van der Waals surface area contributed by atoms with Crippen LogP contribution in [0.4, 0.5) is 5.95 Å². The summed E-state index contributed by atoms with van der Waals surface area (Å²) in [6, 6.07) is 1.82. The van der Waals surface area contributed by atoms with Crippen LogP contribution in [0.25, 0.3) is 0 Å². The summed E-state index contributed by atoms with van der Waals surface area (Å²) in [4.78, 5) is 13.1. The minimum absolute atomic E-state index is 0.524. The fourth-order valence-electron chi connectivity index (χ4n) is 2.34. The van der Waals surface area contributed by atoms with Crippen LogP contribution in [0.3, 0.4) is 0 Å². The van der Waals surface area contributed by atoms with Gasteiger partial charge in [-0.3, -0.25) is 4.90 Å². The topological polar surface area (TPSA) is 78.4 Å². The largest absolute Gasteiger partial charge is 0.338 e. The number of nitrogens with one attached hydrogen (secondary N) is 1. The zero-order chi connectivity index (χ0) is 15.1. The van der Waals surface area contributed by atoms with Crippen LogP contribution in [0.1, 0.15) is 12.8 Å². The first-order chi connectivity index (χ1) is 10.0. The Bertz CT molecular complexity index is 515. The normalized spacial score (nSPS) is 17.1. The average molecular weight is 313 g/mol. The monoisotopic (exact) mass is 313 g/mol. The highest BCUT2D eigenvalue weighted by Gasteiger charge is 2.17. The molecule has 1 fully saturated rings. The third kappa shape index (κ3) is 5.94. The molecule has 0 amide bonds. The van der Waals surface area contributed by atoms with E-state index in [2.05, 4.69) is 24.5 Å². The van der Waals surface area contributed by atoms with Crippen LogP contribution in [0.15, 0.2) is 18.5 Å². The summed E-state index contributed by atoms with van der Waals surface area (Å²) < 4.78 is 24.4. The Kier molecular flexibility index (Phi) is 5.89. The van der Waals surface area contributed by atoms with Crippen LogP contribution < -0.4 is 9.62 Å². The van der Waals surface area contributed by atoms with Gasteiger partial charge in [0.15, 0.2) is 0 Å². The summed E-state index contributed by atoms with van der Waals surface area (Å²) in [6.45, 7) is 5.40. The maximum absolute atomic E-state index is 10.9. The molecule has 0 spiro atoms. The third-order valence-corrected chi connectivity index (χ3v) is 4.20. The minimum atomic E-state index is -3.05. The van der Waals surface area contributed by atoms with Crippen LogP contribution >= 0.6 is 0 Å². The van der Waals surface area contributed by atoms with Crippen molar-refractivity contribution >= 4 is 16.0 Å². The fourth-order valence-corrected chi connectivity index (χ4v) is 2.86. The van der Waals surface area contributed by atoms with Gasteiger partial charge in [-0.05, 0) is 25.5 Å². The number of sulfonamides is 1. The highest BCUT2D eigenvalue weighted by Crippen LogP contribution is 2.10. The van der Waals surface area contributed by atoms with E-state index in [-0.39, 0.29) is 0 Å². The van der Waals surface area contributed by atoms with Crippen molar-refractivity contribution in [1.82, 2.24) is 19.6 Å². The molecular weight excluding hydrogens is 290 g/mol. The molecule has 118 valence electrons. The quantitative estimate of drug-likeness (QED) is 0.710. The molecule has 1 aliphatic rings. The van der Waals surface area contributed by atoms with Gasteiger partial charge >= 0.3 is 0 Å². The maximum Gasteiger partial charge on any atom is 0.225 e. The number of nitrogens with zero attached hydrogens (tertiary/aromatic N) is 4. The second kappa shape index (κ2) is 7.67. The van der Waals surface area contributed by atoms with Gasteiger partial charge in [-0.2, -0.15) is 0 Å². The highest BCUT2D eigenvalue weighted by molar-refractivity contribution is 7.88. The third-order valence-electron chi connectivity index (χ3n) is 3.47. The molecule has 0 bridgehead atoms. The Hall–Kier alpha value is -1.25. The van der Waals surface area contributed by atoms with Crippen molar-refractivity contribution in [3.05, 3.63) is 18.5 Å². The van der Waals surface area contributed by atoms with Gasteiger partial charge in [0.1, 0.15) is 0 Å². The van der Waals surface area contributed by atoms with Gasteiger partial charge in [-0.1, -0.05) is 0 Å². The molecule has 0 radical (unpaired) electrons. The maximum atomic E-state index is 10.9. The fraction of sp³-hybridized carbons (Fsp3) is 0.692. The van der Waals surface area contributed by atoms with Crippen molar-refractivity contribution in [1.29, 1.82) is 0 Å². The molecule has 0 saturated carbocycles. The van der Waals surface area contributed by atoms with Gasteiger partial charge in [0.2, 0.25) is 16.0 Å². The van der Waals surface area contributed by atoms with Crippen LogP contribution in [0.2, 0.25) is 0 Å². The van der Waals surface area contributed by atoms with Crippen molar-refractivity contribution in [3.63, 3.8) is 0 Å². The second-order valence-electron chi connectivity index (χ2n) is 5.25. The lowest BCUT2D eigenvalue weighted by molar-refractivity contribution is 0.252. The first-order valence-electron chi connectivity index (χ1n) is 7.23. The molecule has 0 unspecified atom stereocenters. The summed E-state index contributed by atoms with van der Waals surface area (Å²) >= 11 is 0. The highest BCUT2D eigenvalue weighted by atomic mass is 32.2. The van der Waals surface area contributed by atoms with Crippen LogP contribution in [0.5, 0.6) is 0 Å². The summed E-state index contributed by atoms with van der Waals surface area (Å²) in [5, 5.41) is 0. The molecule has 1 aliphatic heterocycles. The Morgan fingerprint density at radius 3 is 2.43 bits per heavy atom. The number of hydrogen-bond acceptors (Lipinski definition) is 6. The zero-order valence-corrected chi connectivity index (χ0v) is 13.2. The van der Waals surface area contributed by atoms with E-state index in [0.717, 1.165) is 51.5 Å². The standard InChI is InChI=1S/C13H23N5O2S/c1-21(19,20)16-7-2-3-8-17-9-11-18(12-10-17)13-14-5-4-6-15-13/h4-6,16H,2-3,7-12H2,1H3. The number of anilines is 1. The number of hydrogen-bond donors (Lipinski definition) is 1. The van der Waals surface area contributed by atoms with E-state index in [1.807, 2.05) is 6.07 Å². The molecule has 0 aromatic carbocycles. The molecule has 7 nitrogen and oxygen atoms in total. The number of unbranched alkanes of at least 4 members (excludes halogenated alkanes) is 1. The molecule has 0 atom stereocenters. The van der Waals surface area contributed by atoms with Gasteiger partial charge in [0.05, 0.1) is 6.26 Å².